The highest BCUT2D eigenvalue weighted by molar-refractivity contribution is 6.13. The van der Waals surface area contributed by atoms with Gasteiger partial charge in [-0.1, -0.05) is 36.4 Å². The van der Waals surface area contributed by atoms with Gasteiger partial charge < -0.3 is 25.0 Å². The summed E-state index contributed by atoms with van der Waals surface area (Å²) in [6.45, 7) is 1.54. The molecular weight excluding hydrogens is 586 g/mol. The van der Waals surface area contributed by atoms with E-state index < -0.39 is 16.7 Å². The average molecular weight is 620 g/mol. The van der Waals surface area contributed by atoms with Crippen molar-refractivity contribution in [3.05, 3.63) is 130 Å². The van der Waals surface area contributed by atoms with E-state index in [2.05, 4.69) is 20.5 Å². The van der Waals surface area contributed by atoms with Crippen molar-refractivity contribution in [3.8, 4) is 11.5 Å². The van der Waals surface area contributed by atoms with Gasteiger partial charge in [-0.3, -0.25) is 24.7 Å². The van der Waals surface area contributed by atoms with Crippen molar-refractivity contribution in [2.24, 2.45) is 0 Å². The number of anilines is 2. The van der Waals surface area contributed by atoms with Crippen LogP contribution >= 0.6 is 0 Å². The van der Waals surface area contributed by atoms with Crippen LogP contribution in [0.5, 0.6) is 11.5 Å². The molecule has 46 heavy (non-hydrogen) atoms. The molecule has 0 radical (unpaired) electrons. The molecule has 0 aliphatic rings. The molecule has 0 saturated heterocycles. The summed E-state index contributed by atoms with van der Waals surface area (Å²) in [5.41, 5.74) is 3.54. The molecule has 5 aromatic rings. The molecule has 0 unspecified atom stereocenters. The van der Waals surface area contributed by atoms with Gasteiger partial charge in [-0.15, -0.1) is 0 Å². The fraction of sp³-hybridized carbons (Fsp3) is 0.171. The number of hydrogen-bond acceptors (Lipinski definition) is 8. The minimum atomic E-state index is -0.584. The Kier molecular flexibility index (Phi) is 9.84. The van der Waals surface area contributed by atoms with E-state index in [0.717, 1.165) is 41.5 Å². The molecule has 0 fully saturated rings. The van der Waals surface area contributed by atoms with E-state index in [4.69, 9.17) is 9.47 Å². The molecular formula is C35H33N5O6. The van der Waals surface area contributed by atoms with Crippen LogP contribution < -0.4 is 20.1 Å². The zero-order valence-electron chi connectivity index (χ0n) is 25.7. The van der Waals surface area contributed by atoms with Crippen molar-refractivity contribution in [2.75, 3.05) is 38.4 Å². The highest BCUT2D eigenvalue weighted by Crippen LogP contribution is 2.28. The molecule has 234 valence electrons. The first kappa shape index (κ1) is 31.6. The van der Waals surface area contributed by atoms with Crippen LogP contribution in [0, 0.1) is 10.1 Å². The molecule has 11 heteroatoms. The van der Waals surface area contributed by atoms with Crippen molar-refractivity contribution >= 4 is 39.8 Å². The number of nitrogens with zero attached hydrogens (tertiary/aromatic N) is 3. The number of aromatic nitrogens is 1. The van der Waals surface area contributed by atoms with Gasteiger partial charge in [0, 0.05) is 42.5 Å². The van der Waals surface area contributed by atoms with Crippen LogP contribution in [0.25, 0.3) is 10.9 Å². The SMILES string of the molecule is COc1ccc(CN(C)CCc2ccc(NC(=O)c3ccc([N+](=O)[O-])cc3NC(=O)c3cnc4ccccc4c3)cc2)cc1OC. The number of nitrogens with one attached hydrogen (secondary N) is 2. The van der Waals surface area contributed by atoms with Crippen LogP contribution in [0.15, 0.2) is 97.2 Å². The Morgan fingerprint density at radius 3 is 2.33 bits per heavy atom. The number of hydrogen-bond donors (Lipinski definition) is 2. The van der Waals surface area contributed by atoms with Gasteiger partial charge in [-0.25, -0.2) is 0 Å². The molecule has 11 nitrogen and oxygen atoms in total. The predicted octanol–water partition coefficient (Wildman–Crippen LogP) is 6.34. The topological polar surface area (TPSA) is 136 Å². The van der Waals surface area contributed by atoms with Crippen molar-refractivity contribution < 1.29 is 24.0 Å². The van der Waals surface area contributed by atoms with Gasteiger partial charge >= 0.3 is 0 Å². The first-order chi connectivity index (χ1) is 22.2. The number of pyridine rings is 1. The number of nitro groups is 1. The molecule has 0 saturated carbocycles. The third-order valence-corrected chi connectivity index (χ3v) is 7.45. The van der Waals surface area contributed by atoms with Crippen LogP contribution in [0.3, 0.4) is 0 Å². The third kappa shape index (κ3) is 7.63. The minimum absolute atomic E-state index is 0.0130. The minimum Gasteiger partial charge on any atom is -0.493 e. The molecule has 0 spiro atoms. The highest BCUT2D eigenvalue weighted by Gasteiger charge is 2.19. The Bertz CT molecular complexity index is 1890. The van der Waals surface area contributed by atoms with E-state index in [1.165, 1.54) is 24.4 Å². The van der Waals surface area contributed by atoms with Gasteiger partial charge in [0.15, 0.2) is 11.5 Å². The number of methoxy groups -OCH3 is 2. The number of nitro benzene ring substituents is 1. The summed E-state index contributed by atoms with van der Waals surface area (Å²) in [6.07, 6.45) is 2.21. The number of likely N-dealkylation sites (N-methyl/N-ethyl adjacent to an activating group) is 1. The van der Waals surface area contributed by atoms with Crippen molar-refractivity contribution in [1.82, 2.24) is 9.88 Å². The summed E-state index contributed by atoms with van der Waals surface area (Å²) in [6, 6.07) is 26.1. The smallest absolute Gasteiger partial charge is 0.271 e. The van der Waals surface area contributed by atoms with E-state index >= 15 is 0 Å². The second kappa shape index (κ2) is 14.3. The number of fused-ring (bicyclic) bond motifs is 1. The summed E-state index contributed by atoms with van der Waals surface area (Å²) < 4.78 is 10.7. The summed E-state index contributed by atoms with van der Waals surface area (Å²) >= 11 is 0. The van der Waals surface area contributed by atoms with Gasteiger partial charge in [0.25, 0.3) is 17.5 Å². The maximum absolute atomic E-state index is 13.3. The number of carbonyl (C=O) groups is 2. The zero-order valence-corrected chi connectivity index (χ0v) is 25.7. The van der Waals surface area contributed by atoms with E-state index in [9.17, 15) is 19.7 Å². The monoisotopic (exact) mass is 619 g/mol. The lowest BCUT2D eigenvalue weighted by atomic mass is 10.1. The van der Waals surface area contributed by atoms with Crippen LogP contribution in [0.1, 0.15) is 31.8 Å². The van der Waals surface area contributed by atoms with Crippen LogP contribution in [-0.2, 0) is 13.0 Å². The van der Waals surface area contributed by atoms with Gasteiger partial charge in [0.05, 0.1) is 41.5 Å². The maximum Gasteiger partial charge on any atom is 0.271 e. The van der Waals surface area contributed by atoms with Crippen molar-refractivity contribution in [1.29, 1.82) is 0 Å². The Morgan fingerprint density at radius 1 is 0.848 bits per heavy atom. The van der Waals surface area contributed by atoms with E-state index in [1.54, 1.807) is 32.4 Å². The maximum atomic E-state index is 13.3. The van der Waals surface area contributed by atoms with Crippen LogP contribution in [-0.4, -0.2) is 54.4 Å². The van der Waals surface area contributed by atoms with Gasteiger partial charge in [0.2, 0.25) is 0 Å². The number of carbonyl (C=O) groups excluding carboxylic acids is 2. The number of rotatable bonds is 12. The van der Waals surface area contributed by atoms with Gasteiger partial charge in [0.1, 0.15) is 0 Å². The van der Waals surface area contributed by atoms with E-state index in [0.29, 0.717) is 17.2 Å². The molecule has 0 bridgehead atoms. The Hall–Kier alpha value is -5.81. The average Bonchev–Trinajstić information content (AvgIpc) is 3.07. The number of ether oxygens (including phenoxy) is 2. The third-order valence-electron chi connectivity index (χ3n) is 7.45. The summed E-state index contributed by atoms with van der Waals surface area (Å²) in [5, 5.41) is 17.7. The molecule has 0 atom stereocenters. The van der Waals surface area contributed by atoms with Gasteiger partial charge in [-0.05, 0) is 67.1 Å². The highest BCUT2D eigenvalue weighted by atomic mass is 16.6. The predicted molar refractivity (Wildman–Crippen MR) is 177 cm³/mol. The number of para-hydroxylation sites is 1. The lowest BCUT2D eigenvalue weighted by Crippen LogP contribution is -2.20. The lowest BCUT2D eigenvalue weighted by molar-refractivity contribution is -0.384. The second-order valence-electron chi connectivity index (χ2n) is 10.7. The van der Waals surface area contributed by atoms with Gasteiger partial charge in [-0.2, -0.15) is 0 Å². The molecule has 5 rings (SSSR count). The molecule has 1 heterocycles. The van der Waals surface area contributed by atoms with E-state index in [-0.39, 0.29) is 22.5 Å². The molecule has 1 aromatic heterocycles. The standard InChI is InChI=1S/C35H33N5O6/c1-39(22-24-10-15-32(45-2)33(18-24)46-3)17-16-23-8-11-27(12-9-23)37-35(42)29-14-13-28(40(43)44)20-31(29)38-34(41)26-19-25-6-4-5-7-30(25)36-21-26/h4-15,18-21H,16-17,22H2,1-3H3,(H,37,42)(H,38,41). The van der Waals surface area contributed by atoms with Crippen LogP contribution in [0.2, 0.25) is 0 Å². The fourth-order valence-corrected chi connectivity index (χ4v) is 4.98. The second-order valence-corrected chi connectivity index (χ2v) is 10.7. The Balaban J connectivity index is 1.23. The normalized spacial score (nSPS) is 10.9. The number of non-ortho nitro benzene ring substituents is 1. The molecule has 2 N–H and O–H groups in total. The Labute approximate surface area is 265 Å². The van der Waals surface area contributed by atoms with E-state index in [1.807, 2.05) is 61.6 Å². The first-order valence-electron chi connectivity index (χ1n) is 14.5. The summed E-state index contributed by atoms with van der Waals surface area (Å²) in [7, 11) is 5.27. The Morgan fingerprint density at radius 2 is 1.59 bits per heavy atom. The zero-order chi connectivity index (χ0) is 32.6. The molecule has 2 amide bonds. The molecule has 4 aromatic carbocycles. The number of benzene rings is 4. The number of amides is 2. The van der Waals surface area contributed by atoms with Crippen molar-refractivity contribution in [2.45, 2.75) is 13.0 Å². The molecule has 0 aliphatic heterocycles. The summed E-state index contributed by atoms with van der Waals surface area (Å²) in [4.78, 5) is 43.8. The van der Waals surface area contributed by atoms with Crippen LogP contribution in [0.4, 0.5) is 17.1 Å². The largest absolute Gasteiger partial charge is 0.493 e. The summed E-state index contributed by atoms with van der Waals surface area (Å²) in [5.74, 6) is 0.309. The molecule has 0 aliphatic carbocycles. The quantitative estimate of drug-likeness (QED) is 0.122. The van der Waals surface area contributed by atoms with Crippen molar-refractivity contribution in [3.63, 3.8) is 0 Å². The fourth-order valence-electron chi connectivity index (χ4n) is 4.98. The first-order valence-corrected chi connectivity index (χ1v) is 14.5. The lowest BCUT2D eigenvalue weighted by Gasteiger charge is -2.18.